The summed E-state index contributed by atoms with van der Waals surface area (Å²) in [5.41, 5.74) is 4.25. The molecule has 0 spiro atoms. The van der Waals surface area contributed by atoms with Crippen LogP contribution in [0.4, 0.5) is 5.82 Å². The molecule has 6 nitrogen and oxygen atoms in total. The summed E-state index contributed by atoms with van der Waals surface area (Å²) in [4.78, 5) is 9.06. The zero-order valence-electron chi connectivity index (χ0n) is 16.2. The van der Waals surface area contributed by atoms with E-state index in [4.69, 9.17) is 4.98 Å². The topological polar surface area (TPSA) is 76.9 Å². The van der Waals surface area contributed by atoms with Crippen LogP contribution >= 0.6 is 11.3 Å². The molecule has 8 heteroatoms. The molecule has 3 aromatic heterocycles. The predicted molar refractivity (Wildman–Crippen MR) is 116 cm³/mol. The van der Waals surface area contributed by atoms with Crippen molar-refractivity contribution in [1.29, 1.82) is 0 Å². The van der Waals surface area contributed by atoms with Crippen molar-refractivity contribution in [2.45, 2.75) is 18.7 Å². The first-order chi connectivity index (χ1) is 13.8. The van der Waals surface area contributed by atoms with Crippen molar-refractivity contribution in [3.8, 4) is 22.0 Å². The summed E-state index contributed by atoms with van der Waals surface area (Å²) in [6.45, 7) is 3.68. The molecule has 4 rings (SSSR count). The fourth-order valence-electron chi connectivity index (χ4n) is 3.00. The lowest BCUT2D eigenvalue weighted by atomic mass is 10.2. The highest BCUT2D eigenvalue weighted by atomic mass is 32.2. The van der Waals surface area contributed by atoms with Crippen molar-refractivity contribution in [3.63, 3.8) is 0 Å². The summed E-state index contributed by atoms with van der Waals surface area (Å²) in [7, 11) is -1.92. The van der Waals surface area contributed by atoms with Crippen LogP contribution in [0.2, 0.25) is 0 Å². The van der Waals surface area contributed by atoms with Gasteiger partial charge in [-0.15, -0.1) is 11.3 Å². The number of rotatable bonds is 5. The molecule has 148 valence electrons. The average Bonchev–Trinajstić information content (AvgIpc) is 3.30. The summed E-state index contributed by atoms with van der Waals surface area (Å²) in [5, 5.41) is 2.75. The molecule has 0 aliphatic rings. The SMILES string of the molecule is Cc1ccc(NS(=O)(=O)c2cc(-c3nc(-c4ccccc4)cs3)n(C)c2C)nc1. The Kier molecular flexibility index (Phi) is 4.97. The number of nitrogens with one attached hydrogen (secondary N) is 1. The molecule has 0 fully saturated rings. The summed E-state index contributed by atoms with van der Waals surface area (Å²) in [5.74, 6) is 0.293. The van der Waals surface area contributed by atoms with Gasteiger partial charge in [-0.05, 0) is 31.5 Å². The zero-order chi connectivity index (χ0) is 20.6. The molecular formula is C21H20N4O2S2. The first-order valence-corrected chi connectivity index (χ1v) is 11.3. The Hall–Kier alpha value is -2.97. The molecule has 0 amide bonds. The summed E-state index contributed by atoms with van der Waals surface area (Å²) >= 11 is 1.49. The quantitative estimate of drug-likeness (QED) is 0.507. The van der Waals surface area contributed by atoms with E-state index in [1.54, 1.807) is 25.3 Å². The minimum Gasteiger partial charge on any atom is -0.345 e. The average molecular weight is 425 g/mol. The van der Waals surface area contributed by atoms with E-state index < -0.39 is 10.0 Å². The van der Waals surface area contributed by atoms with Crippen molar-refractivity contribution < 1.29 is 8.42 Å². The highest BCUT2D eigenvalue weighted by molar-refractivity contribution is 7.92. The Balaban J connectivity index is 1.69. The van der Waals surface area contributed by atoms with Crippen molar-refractivity contribution >= 4 is 27.2 Å². The van der Waals surface area contributed by atoms with E-state index in [1.807, 2.05) is 60.3 Å². The number of sulfonamides is 1. The standard InChI is InChI=1S/C21H20N4O2S2/c1-14-9-10-20(22-12-14)24-29(26,27)19-11-18(25(3)15(19)2)21-23-17(13-28-21)16-7-5-4-6-8-16/h4-13H,1-3H3,(H,22,24). The molecule has 3 heterocycles. The van der Waals surface area contributed by atoms with Crippen LogP contribution in [0.1, 0.15) is 11.3 Å². The molecule has 29 heavy (non-hydrogen) atoms. The van der Waals surface area contributed by atoms with Crippen molar-refractivity contribution in [3.05, 3.63) is 71.4 Å². The third-order valence-corrected chi connectivity index (χ3v) is 7.06. The highest BCUT2D eigenvalue weighted by Crippen LogP contribution is 2.33. The summed E-state index contributed by atoms with van der Waals surface area (Å²) in [6.07, 6.45) is 1.63. The van der Waals surface area contributed by atoms with Gasteiger partial charge in [-0.3, -0.25) is 4.72 Å². The van der Waals surface area contributed by atoms with Gasteiger partial charge in [0.15, 0.2) is 0 Å². The van der Waals surface area contributed by atoms with E-state index in [1.165, 1.54) is 11.3 Å². The van der Waals surface area contributed by atoms with Gasteiger partial charge < -0.3 is 4.57 Å². The third kappa shape index (κ3) is 3.81. The largest absolute Gasteiger partial charge is 0.345 e. The Bertz CT molecular complexity index is 1260. The van der Waals surface area contributed by atoms with Crippen molar-refractivity contribution in [2.24, 2.45) is 7.05 Å². The van der Waals surface area contributed by atoms with E-state index in [-0.39, 0.29) is 4.90 Å². The number of aryl methyl sites for hydroxylation is 1. The monoisotopic (exact) mass is 424 g/mol. The maximum Gasteiger partial charge on any atom is 0.264 e. The van der Waals surface area contributed by atoms with Crippen molar-refractivity contribution in [2.75, 3.05) is 4.72 Å². The molecule has 4 aromatic rings. The van der Waals surface area contributed by atoms with E-state index in [0.717, 1.165) is 27.5 Å². The van der Waals surface area contributed by atoms with Crippen LogP contribution in [0.5, 0.6) is 0 Å². The van der Waals surface area contributed by atoms with E-state index in [0.29, 0.717) is 11.5 Å². The van der Waals surface area contributed by atoms with Gasteiger partial charge in [0.05, 0.1) is 11.4 Å². The molecule has 0 saturated carbocycles. The van der Waals surface area contributed by atoms with Gasteiger partial charge >= 0.3 is 0 Å². The van der Waals surface area contributed by atoms with Crippen LogP contribution in [0.3, 0.4) is 0 Å². The van der Waals surface area contributed by atoms with Gasteiger partial charge in [-0.2, -0.15) is 0 Å². The van der Waals surface area contributed by atoms with Gasteiger partial charge in [0.25, 0.3) is 10.0 Å². The zero-order valence-corrected chi connectivity index (χ0v) is 17.9. The Morgan fingerprint density at radius 3 is 2.52 bits per heavy atom. The van der Waals surface area contributed by atoms with Crippen LogP contribution in [0, 0.1) is 13.8 Å². The minimum absolute atomic E-state index is 0.217. The number of aromatic nitrogens is 3. The van der Waals surface area contributed by atoms with E-state index in [9.17, 15) is 8.42 Å². The number of anilines is 1. The number of hydrogen-bond donors (Lipinski definition) is 1. The van der Waals surface area contributed by atoms with Gasteiger partial charge in [-0.25, -0.2) is 18.4 Å². The maximum absolute atomic E-state index is 12.9. The Morgan fingerprint density at radius 1 is 1.07 bits per heavy atom. The fraction of sp³-hybridized carbons (Fsp3) is 0.143. The maximum atomic E-state index is 12.9. The molecule has 0 bridgehead atoms. The number of nitrogens with zero attached hydrogens (tertiary/aromatic N) is 3. The second kappa shape index (κ2) is 7.46. The second-order valence-corrected chi connectivity index (χ2v) is 9.28. The van der Waals surface area contributed by atoms with Crippen LogP contribution in [-0.2, 0) is 17.1 Å². The first kappa shape index (κ1) is 19.4. The molecule has 0 unspecified atom stereocenters. The summed E-state index contributed by atoms with van der Waals surface area (Å²) < 4.78 is 30.3. The Labute approximate surface area is 174 Å². The van der Waals surface area contributed by atoms with Crippen LogP contribution in [-0.4, -0.2) is 23.0 Å². The molecular weight excluding hydrogens is 404 g/mol. The van der Waals surface area contributed by atoms with Crippen LogP contribution in [0.25, 0.3) is 22.0 Å². The summed E-state index contributed by atoms with van der Waals surface area (Å²) in [6, 6.07) is 15.0. The van der Waals surface area contributed by atoms with Crippen molar-refractivity contribution in [1.82, 2.24) is 14.5 Å². The molecule has 1 N–H and O–H groups in total. The van der Waals surface area contributed by atoms with Gasteiger partial charge in [0.2, 0.25) is 0 Å². The minimum atomic E-state index is -3.77. The smallest absolute Gasteiger partial charge is 0.264 e. The highest BCUT2D eigenvalue weighted by Gasteiger charge is 2.24. The van der Waals surface area contributed by atoms with E-state index in [2.05, 4.69) is 9.71 Å². The molecule has 0 radical (unpaired) electrons. The number of benzene rings is 1. The van der Waals surface area contributed by atoms with Gasteiger partial charge in [0, 0.05) is 29.9 Å². The number of hydrogen-bond acceptors (Lipinski definition) is 5. The Morgan fingerprint density at radius 2 is 1.83 bits per heavy atom. The number of pyridine rings is 1. The fourth-order valence-corrected chi connectivity index (χ4v) is 5.18. The lowest BCUT2D eigenvalue weighted by Crippen LogP contribution is -2.14. The third-order valence-electron chi connectivity index (χ3n) is 4.72. The molecule has 0 atom stereocenters. The van der Waals surface area contributed by atoms with Crippen LogP contribution < -0.4 is 4.72 Å². The van der Waals surface area contributed by atoms with Gasteiger partial charge in [-0.1, -0.05) is 36.4 Å². The molecule has 1 aromatic carbocycles. The predicted octanol–water partition coefficient (Wildman–Crippen LogP) is 4.63. The normalized spacial score (nSPS) is 11.6. The lowest BCUT2D eigenvalue weighted by molar-refractivity contribution is 0.600. The second-order valence-electron chi connectivity index (χ2n) is 6.77. The molecule has 0 saturated heterocycles. The van der Waals surface area contributed by atoms with Gasteiger partial charge in [0.1, 0.15) is 15.7 Å². The van der Waals surface area contributed by atoms with Crippen LogP contribution in [0.15, 0.2) is 65.0 Å². The lowest BCUT2D eigenvalue weighted by Gasteiger charge is -2.07. The first-order valence-electron chi connectivity index (χ1n) is 8.98. The molecule has 0 aliphatic heterocycles. The molecule has 0 aliphatic carbocycles. The van der Waals surface area contributed by atoms with E-state index >= 15 is 0 Å². The number of thiazole rings is 1.